The van der Waals surface area contributed by atoms with E-state index in [-0.39, 0.29) is 23.4 Å². The maximum atomic E-state index is 12.5. The number of amides is 1. The van der Waals surface area contributed by atoms with Gasteiger partial charge in [-0.1, -0.05) is 0 Å². The predicted octanol–water partition coefficient (Wildman–Crippen LogP) is 2.46. The van der Waals surface area contributed by atoms with Crippen LogP contribution in [0.3, 0.4) is 0 Å². The normalized spacial score (nSPS) is 30.4. The number of benzene rings is 1. The number of halogens is 1. The van der Waals surface area contributed by atoms with Gasteiger partial charge in [0.2, 0.25) is 5.91 Å². The summed E-state index contributed by atoms with van der Waals surface area (Å²) < 4.78 is 0.562. The second kappa shape index (κ2) is 5.42. The Morgan fingerprint density at radius 3 is 2.57 bits per heavy atom. The van der Waals surface area contributed by atoms with Crippen LogP contribution in [0, 0.1) is 17.8 Å². The monoisotopic (exact) mass is 352 g/mol. The molecule has 2 aliphatic rings. The molecule has 4 N–H and O–H groups in total. The van der Waals surface area contributed by atoms with Crippen molar-refractivity contribution in [3.05, 3.63) is 28.2 Å². The fourth-order valence-electron chi connectivity index (χ4n) is 3.69. The molecular weight excluding hydrogens is 336 g/mol. The first kappa shape index (κ1) is 14.5. The van der Waals surface area contributed by atoms with Gasteiger partial charge in [0, 0.05) is 10.5 Å². The molecule has 0 radical (unpaired) electrons. The fourth-order valence-corrected chi connectivity index (χ4v) is 4.17. The van der Waals surface area contributed by atoms with Gasteiger partial charge in [0.1, 0.15) is 0 Å². The minimum Gasteiger partial charge on any atom is -0.478 e. The Labute approximate surface area is 131 Å². The summed E-state index contributed by atoms with van der Waals surface area (Å²) in [5.41, 5.74) is 6.93. The van der Waals surface area contributed by atoms with E-state index < -0.39 is 5.97 Å². The van der Waals surface area contributed by atoms with Gasteiger partial charge in [0.25, 0.3) is 0 Å². The van der Waals surface area contributed by atoms with Crippen molar-refractivity contribution < 1.29 is 14.7 Å². The number of anilines is 1. The summed E-state index contributed by atoms with van der Waals surface area (Å²) >= 11 is 3.30. The van der Waals surface area contributed by atoms with Crippen molar-refractivity contribution in [3.8, 4) is 0 Å². The molecule has 0 saturated heterocycles. The molecule has 0 spiro atoms. The lowest BCUT2D eigenvalue weighted by atomic mass is 9.84. The number of carbonyl (C=O) groups excluding carboxylic acids is 1. The molecule has 3 rings (SSSR count). The van der Waals surface area contributed by atoms with Crippen molar-refractivity contribution in [2.45, 2.75) is 25.3 Å². The van der Waals surface area contributed by atoms with Crippen LogP contribution in [0.15, 0.2) is 22.7 Å². The zero-order valence-electron chi connectivity index (χ0n) is 11.4. The molecule has 1 amide bonds. The van der Waals surface area contributed by atoms with Crippen molar-refractivity contribution in [2.24, 2.45) is 23.5 Å². The van der Waals surface area contributed by atoms with Crippen molar-refractivity contribution in [3.63, 3.8) is 0 Å². The van der Waals surface area contributed by atoms with Crippen molar-refractivity contribution >= 4 is 33.5 Å². The van der Waals surface area contributed by atoms with Gasteiger partial charge in [-0.2, -0.15) is 0 Å². The number of aromatic carboxylic acids is 1. The van der Waals surface area contributed by atoms with E-state index in [4.69, 9.17) is 10.8 Å². The van der Waals surface area contributed by atoms with E-state index in [9.17, 15) is 9.59 Å². The molecule has 112 valence electrons. The van der Waals surface area contributed by atoms with Crippen molar-refractivity contribution in [1.82, 2.24) is 0 Å². The maximum absolute atomic E-state index is 12.5. The van der Waals surface area contributed by atoms with Gasteiger partial charge in [0.05, 0.1) is 17.2 Å². The molecule has 21 heavy (non-hydrogen) atoms. The number of nitrogens with one attached hydrogen (secondary N) is 1. The van der Waals surface area contributed by atoms with E-state index in [1.54, 1.807) is 6.07 Å². The van der Waals surface area contributed by atoms with Crippen LogP contribution in [0.5, 0.6) is 0 Å². The minimum absolute atomic E-state index is 0.0548. The van der Waals surface area contributed by atoms with Crippen LogP contribution in [0.25, 0.3) is 0 Å². The summed E-state index contributed by atoms with van der Waals surface area (Å²) in [7, 11) is 0. The largest absolute Gasteiger partial charge is 0.478 e. The van der Waals surface area contributed by atoms with Crippen molar-refractivity contribution in [2.75, 3.05) is 5.32 Å². The van der Waals surface area contributed by atoms with E-state index in [0.717, 1.165) is 19.3 Å². The third kappa shape index (κ3) is 2.58. The zero-order valence-corrected chi connectivity index (χ0v) is 13.0. The molecule has 0 aliphatic heterocycles. The number of rotatable bonds is 3. The molecule has 1 aromatic rings. The fraction of sp³-hybridized carbons (Fsp3) is 0.467. The van der Waals surface area contributed by atoms with E-state index >= 15 is 0 Å². The minimum atomic E-state index is -0.997. The highest BCUT2D eigenvalue weighted by Gasteiger charge is 2.49. The lowest BCUT2D eigenvalue weighted by Crippen LogP contribution is -2.42. The number of carboxylic acids is 1. The average Bonchev–Trinajstić information content (AvgIpc) is 3.01. The number of hydrogen-bond acceptors (Lipinski definition) is 3. The average molecular weight is 353 g/mol. The lowest BCUT2D eigenvalue weighted by Gasteiger charge is -2.27. The Balaban J connectivity index is 1.75. The standard InChI is InChI=1S/C15H17BrN2O3/c16-10-6-9(15(20)21)3-4-11(10)18-14(19)12-7-1-2-8(5-7)13(12)17/h3-4,6-8,12-13H,1-2,5,17H2,(H,18,19)(H,20,21). The second-order valence-corrected chi connectivity index (χ2v) is 6.78. The summed E-state index contributed by atoms with van der Waals surface area (Å²) in [5.74, 6) is -0.317. The summed E-state index contributed by atoms with van der Waals surface area (Å²) in [4.78, 5) is 23.4. The summed E-state index contributed by atoms with van der Waals surface area (Å²) in [6.45, 7) is 0. The third-order valence-corrected chi connectivity index (χ3v) is 5.41. The first-order valence-electron chi connectivity index (χ1n) is 7.06. The van der Waals surface area contributed by atoms with Crippen LogP contribution >= 0.6 is 15.9 Å². The Hall–Kier alpha value is -1.40. The predicted molar refractivity (Wildman–Crippen MR) is 82.0 cm³/mol. The quantitative estimate of drug-likeness (QED) is 0.778. The number of fused-ring (bicyclic) bond motifs is 2. The van der Waals surface area contributed by atoms with Crippen LogP contribution in [0.2, 0.25) is 0 Å². The molecule has 2 aliphatic carbocycles. The molecule has 6 heteroatoms. The Morgan fingerprint density at radius 1 is 1.29 bits per heavy atom. The van der Waals surface area contributed by atoms with E-state index in [0.29, 0.717) is 22.0 Å². The molecule has 4 atom stereocenters. The molecule has 0 heterocycles. The van der Waals surface area contributed by atoms with Gasteiger partial charge >= 0.3 is 5.97 Å². The number of nitrogens with two attached hydrogens (primary N) is 1. The van der Waals surface area contributed by atoms with Crippen LogP contribution in [-0.2, 0) is 4.79 Å². The Morgan fingerprint density at radius 2 is 2.00 bits per heavy atom. The molecule has 5 nitrogen and oxygen atoms in total. The first-order chi connectivity index (χ1) is 9.97. The van der Waals surface area contributed by atoms with Gasteiger partial charge in [-0.15, -0.1) is 0 Å². The highest BCUT2D eigenvalue weighted by atomic mass is 79.9. The van der Waals surface area contributed by atoms with E-state index in [1.165, 1.54) is 12.1 Å². The van der Waals surface area contributed by atoms with Gasteiger partial charge in [-0.3, -0.25) is 4.79 Å². The van der Waals surface area contributed by atoms with Gasteiger partial charge in [-0.05, 0) is 65.2 Å². The van der Waals surface area contributed by atoms with E-state index in [2.05, 4.69) is 21.2 Å². The van der Waals surface area contributed by atoms with Crippen LogP contribution in [0.1, 0.15) is 29.6 Å². The van der Waals surface area contributed by atoms with E-state index in [1.807, 2.05) is 0 Å². The number of hydrogen-bond donors (Lipinski definition) is 3. The molecule has 2 saturated carbocycles. The molecule has 2 bridgehead atoms. The topological polar surface area (TPSA) is 92.4 Å². The van der Waals surface area contributed by atoms with Gasteiger partial charge < -0.3 is 16.2 Å². The molecule has 1 aromatic carbocycles. The van der Waals surface area contributed by atoms with Crippen molar-refractivity contribution in [1.29, 1.82) is 0 Å². The Kier molecular flexibility index (Phi) is 3.75. The van der Waals surface area contributed by atoms with Gasteiger partial charge in [-0.25, -0.2) is 4.79 Å². The summed E-state index contributed by atoms with van der Waals surface area (Å²) in [6, 6.07) is 4.51. The highest BCUT2D eigenvalue weighted by Crippen LogP contribution is 2.48. The first-order valence-corrected chi connectivity index (χ1v) is 7.86. The molecule has 4 unspecified atom stereocenters. The SMILES string of the molecule is NC1C2CCC(C2)C1C(=O)Nc1ccc(C(=O)O)cc1Br. The lowest BCUT2D eigenvalue weighted by molar-refractivity contribution is -0.121. The van der Waals surface area contributed by atoms with Crippen LogP contribution in [0.4, 0.5) is 5.69 Å². The number of carbonyl (C=O) groups is 2. The van der Waals surface area contributed by atoms with Crippen LogP contribution < -0.4 is 11.1 Å². The highest BCUT2D eigenvalue weighted by molar-refractivity contribution is 9.10. The maximum Gasteiger partial charge on any atom is 0.335 e. The number of carboxylic acid groups (broad SMARTS) is 1. The summed E-state index contributed by atoms with van der Waals surface area (Å²) in [6.07, 6.45) is 3.26. The van der Waals surface area contributed by atoms with Crippen LogP contribution in [-0.4, -0.2) is 23.0 Å². The third-order valence-electron chi connectivity index (χ3n) is 4.76. The molecule has 2 fully saturated rings. The smallest absolute Gasteiger partial charge is 0.335 e. The Bertz CT molecular complexity index is 603. The molecule has 0 aromatic heterocycles. The zero-order chi connectivity index (χ0) is 15.1. The van der Waals surface area contributed by atoms with Gasteiger partial charge in [0.15, 0.2) is 0 Å². The second-order valence-electron chi connectivity index (χ2n) is 5.93. The summed E-state index contributed by atoms with van der Waals surface area (Å²) in [5, 5.41) is 11.8. The molecular formula is C15H17BrN2O3.